The van der Waals surface area contributed by atoms with Gasteiger partial charge >= 0.3 is 0 Å². The molecule has 0 aromatic heterocycles. The zero-order valence-corrected chi connectivity index (χ0v) is 21.8. The summed E-state index contributed by atoms with van der Waals surface area (Å²) >= 11 is 0. The first-order chi connectivity index (χ1) is 15.9. The van der Waals surface area contributed by atoms with Gasteiger partial charge in [0.25, 0.3) is 0 Å². The molecule has 0 spiro atoms. The van der Waals surface area contributed by atoms with Crippen LogP contribution in [0.4, 0.5) is 0 Å². The predicted molar refractivity (Wildman–Crippen MR) is 135 cm³/mol. The number of nitrogens with two attached hydrogens (primary N) is 1. The summed E-state index contributed by atoms with van der Waals surface area (Å²) in [6.07, 6.45) is 0. The summed E-state index contributed by atoms with van der Waals surface area (Å²) in [6.45, 7) is 4.00. The van der Waals surface area contributed by atoms with Crippen LogP contribution in [0.15, 0.2) is 120 Å². The van der Waals surface area contributed by atoms with Gasteiger partial charge in [-0.25, -0.2) is 13.1 Å². The molecule has 2 atom stereocenters. The molecule has 0 aliphatic heterocycles. The molecule has 0 fully saturated rings. The van der Waals surface area contributed by atoms with E-state index >= 15 is 0 Å². The van der Waals surface area contributed by atoms with Crippen LogP contribution in [0.25, 0.3) is 0 Å². The van der Waals surface area contributed by atoms with E-state index in [-0.39, 0.29) is 24.4 Å². The minimum Gasteiger partial charge on any atom is -0.322 e. The number of nitrogens with one attached hydrogen (secondary N) is 1. The molecule has 0 aliphatic rings. The average Bonchev–Trinajstić information content (AvgIpc) is 2.84. The van der Waals surface area contributed by atoms with Crippen LogP contribution in [0.1, 0.15) is 34.3 Å². The standard InChI is InChI=1S/C21H22N2O2S.C7H8.Ru/c1-16-12-14-19(15-13-16)26(24,25)23-21(18-10-6-3-7-11-18)20(22)17-8-4-2-5-9-17;1-7-5-3-2-4-6-7;/h2-15,20-21,23H,22H2,1H3;2-6H,1H3;/t20-,21-;;/m0../s1. The van der Waals surface area contributed by atoms with E-state index in [2.05, 4.69) is 23.8 Å². The van der Waals surface area contributed by atoms with E-state index in [1.54, 1.807) is 24.3 Å². The fourth-order valence-electron chi connectivity index (χ4n) is 3.36. The molecule has 0 bridgehead atoms. The summed E-state index contributed by atoms with van der Waals surface area (Å²) in [5, 5.41) is 0. The molecule has 4 aromatic rings. The van der Waals surface area contributed by atoms with E-state index < -0.39 is 22.1 Å². The van der Waals surface area contributed by atoms with E-state index in [0.29, 0.717) is 0 Å². The van der Waals surface area contributed by atoms with Crippen LogP contribution in [-0.4, -0.2) is 8.42 Å². The summed E-state index contributed by atoms with van der Waals surface area (Å²) in [4.78, 5) is 0.226. The molecule has 0 amide bonds. The van der Waals surface area contributed by atoms with E-state index in [1.807, 2.05) is 85.8 Å². The van der Waals surface area contributed by atoms with Crippen LogP contribution in [0, 0.1) is 13.8 Å². The van der Waals surface area contributed by atoms with E-state index in [4.69, 9.17) is 5.73 Å². The monoisotopic (exact) mass is 560 g/mol. The van der Waals surface area contributed by atoms with Crippen molar-refractivity contribution in [1.29, 1.82) is 0 Å². The van der Waals surface area contributed by atoms with Crippen molar-refractivity contribution in [2.75, 3.05) is 0 Å². The molecule has 3 N–H and O–H groups in total. The van der Waals surface area contributed by atoms with Crippen molar-refractivity contribution in [2.24, 2.45) is 5.73 Å². The van der Waals surface area contributed by atoms with Gasteiger partial charge in [0.05, 0.1) is 17.0 Å². The number of rotatable bonds is 6. The van der Waals surface area contributed by atoms with Gasteiger partial charge in [-0.15, -0.1) is 0 Å². The Hall–Kier alpha value is -2.63. The Labute approximate surface area is 216 Å². The molecule has 178 valence electrons. The van der Waals surface area contributed by atoms with Gasteiger partial charge in [-0.05, 0) is 37.1 Å². The predicted octanol–water partition coefficient (Wildman–Crippen LogP) is 5.71. The third kappa shape index (κ3) is 8.00. The fraction of sp³-hybridized carbons (Fsp3) is 0.143. The van der Waals surface area contributed by atoms with Gasteiger partial charge < -0.3 is 5.73 Å². The summed E-state index contributed by atoms with van der Waals surface area (Å²) in [5.41, 5.74) is 10.5. The smallest absolute Gasteiger partial charge is 0.241 e. The summed E-state index contributed by atoms with van der Waals surface area (Å²) in [5.74, 6) is 0. The third-order valence-corrected chi connectivity index (χ3v) is 6.71. The van der Waals surface area contributed by atoms with E-state index in [1.165, 1.54) is 5.56 Å². The van der Waals surface area contributed by atoms with Gasteiger partial charge in [0.1, 0.15) is 0 Å². The molecule has 0 saturated heterocycles. The number of sulfonamides is 1. The molecule has 34 heavy (non-hydrogen) atoms. The van der Waals surface area contributed by atoms with Crippen LogP contribution < -0.4 is 10.5 Å². The molecule has 0 heterocycles. The van der Waals surface area contributed by atoms with E-state index in [0.717, 1.165) is 16.7 Å². The molecule has 4 aromatic carbocycles. The second kappa shape index (κ2) is 13.3. The molecular weight excluding hydrogens is 529 g/mol. The fourth-order valence-corrected chi connectivity index (χ4v) is 4.61. The Morgan fingerprint density at radius 3 is 1.47 bits per heavy atom. The molecule has 0 aliphatic carbocycles. The minimum absolute atomic E-state index is 0. The van der Waals surface area contributed by atoms with Crippen molar-refractivity contribution in [1.82, 2.24) is 4.72 Å². The molecular formula is C28H30N2O2RuS. The third-order valence-electron chi connectivity index (χ3n) is 5.26. The molecule has 6 heteroatoms. The van der Waals surface area contributed by atoms with Crippen LogP contribution in [0.5, 0.6) is 0 Å². The first-order valence-electron chi connectivity index (χ1n) is 10.8. The number of hydrogen-bond acceptors (Lipinski definition) is 3. The maximum atomic E-state index is 12.9. The van der Waals surface area contributed by atoms with Crippen molar-refractivity contribution < 1.29 is 27.9 Å². The maximum absolute atomic E-state index is 12.9. The Morgan fingerprint density at radius 1 is 0.618 bits per heavy atom. The van der Waals surface area contributed by atoms with Crippen LogP contribution in [0.2, 0.25) is 0 Å². The molecule has 0 unspecified atom stereocenters. The molecule has 0 radical (unpaired) electrons. The van der Waals surface area contributed by atoms with Crippen LogP contribution in [0.3, 0.4) is 0 Å². The number of hydrogen-bond donors (Lipinski definition) is 2. The van der Waals surface area contributed by atoms with Gasteiger partial charge in [0.15, 0.2) is 0 Å². The van der Waals surface area contributed by atoms with Gasteiger partial charge in [-0.2, -0.15) is 0 Å². The maximum Gasteiger partial charge on any atom is 0.241 e. The summed E-state index contributed by atoms with van der Waals surface area (Å²) in [7, 11) is -3.71. The Kier molecular flexibility index (Phi) is 10.8. The van der Waals surface area contributed by atoms with Gasteiger partial charge in [-0.3, -0.25) is 0 Å². The SMILES string of the molecule is Cc1ccc(S(=O)(=O)N[C@@H](c2ccccc2)[C@@H](N)c2ccccc2)cc1.Cc1ccccc1.[Ru]. The second-order valence-corrected chi connectivity index (χ2v) is 9.63. The normalized spacial score (nSPS) is 12.4. The van der Waals surface area contributed by atoms with Crippen molar-refractivity contribution in [2.45, 2.75) is 30.8 Å². The first kappa shape index (κ1) is 27.6. The topological polar surface area (TPSA) is 72.2 Å². The van der Waals surface area contributed by atoms with Crippen molar-refractivity contribution >= 4 is 10.0 Å². The minimum atomic E-state index is -3.71. The first-order valence-corrected chi connectivity index (χ1v) is 12.3. The Morgan fingerprint density at radius 2 is 1.03 bits per heavy atom. The van der Waals surface area contributed by atoms with E-state index in [9.17, 15) is 8.42 Å². The Bertz CT molecular complexity index is 1220. The van der Waals surface area contributed by atoms with Gasteiger partial charge in [-0.1, -0.05) is 114 Å². The summed E-state index contributed by atoms with van der Waals surface area (Å²) in [6, 6.07) is 34.8. The Balaban J connectivity index is 0.000000439. The van der Waals surface area contributed by atoms with Crippen molar-refractivity contribution in [3.8, 4) is 0 Å². The zero-order valence-electron chi connectivity index (χ0n) is 19.3. The van der Waals surface area contributed by atoms with Crippen LogP contribution in [-0.2, 0) is 29.5 Å². The molecule has 0 saturated carbocycles. The van der Waals surface area contributed by atoms with Gasteiger partial charge in [0, 0.05) is 19.5 Å². The molecule has 4 nitrogen and oxygen atoms in total. The van der Waals surface area contributed by atoms with Crippen LogP contribution >= 0.6 is 0 Å². The largest absolute Gasteiger partial charge is 0.322 e. The average molecular weight is 560 g/mol. The number of benzene rings is 4. The zero-order chi connectivity index (χ0) is 23.7. The summed E-state index contributed by atoms with van der Waals surface area (Å²) < 4.78 is 28.6. The van der Waals surface area contributed by atoms with Crippen molar-refractivity contribution in [3.63, 3.8) is 0 Å². The second-order valence-electron chi connectivity index (χ2n) is 7.91. The molecule has 4 rings (SSSR count). The number of aryl methyl sites for hydroxylation is 2. The van der Waals surface area contributed by atoms with Gasteiger partial charge in [0.2, 0.25) is 10.0 Å². The van der Waals surface area contributed by atoms with Crippen molar-refractivity contribution in [3.05, 3.63) is 138 Å². The quantitative estimate of drug-likeness (QED) is 0.298.